The van der Waals surface area contributed by atoms with Crippen LogP contribution in [0.15, 0.2) is 158 Å². The van der Waals surface area contributed by atoms with Crippen molar-refractivity contribution >= 4 is 22.7 Å². The van der Waals surface area contributed by atoms with Gasteiger partial charge in [-0.2, -0.15) is 0 Å². The van der Waals surface area contributed by atoms with E-state index in [0.717, 1.165) is 57.3 Å². The van der Waals surface area contributed by atoms with Crippen molar-refractivity contribution in [3.8, 4) is 28.0 Å². The highest BCUT2D eigenvalue weighted by atomic mass is 16.5. The normalized spacial score (nSPS) is 15.7. The molecule has 0 radical (unpaired) electrons. The van der Waals surface area contributed by atoms with Crippen molar-refractivity contribution in [2.24, 2.45) is 0 Å². The van der Waals surface area contributed by atoms with Gasteiger partial charge >= 0.3 is 0 Å². The molecule has 45 heavy (non-hydrogen) atoms. The summed E-state index contributed by atoms with van der Waals surface area (Å²) in [6.07, 6.45) is 9.01. The van der Waals surface area contributed by atoms with Crippen LogP contribution in [0.3, 0.4) is 0 Å². The molecule has 1 unspecified atom stereocenters. The molecule has 0 saturated carbocycles. The summed E-state index contributed by atoms with van der Waals surface area (Å²) in [7, 11) is 3.44. The molecule has 1 aliphatic carbocycles. The van der Waals surface area contributed by atoms with Gasteiger partial charge in [0, 0.05) is 47.5 Å². The van der Waals surface area contributed by atoms with Crippen molar-refractivity contribution in [2.45, 2.75) is 18.9 Å². The number of allylic oxidation sites excluding steroid dienone is 1. The Labute approximate surface area is 266 Å². The molecule has 0 aromatic heterocycles. The van der Waals surface area contributed by atoms with Crippen LogP contribution in [0, 0.1) is 6.92 Å². The first-order valence-electron chi connectivity index (χ1n) is 15.2. The molecule has 0 heterocycles. The second kappa shape index (κ2) is 13.1. The van der Waals surface area contributed by atoms with Crippen molar-refractivity contribution in [3.63, 3.8) is 0 Å². The fourth-order valence-electron chi connectivity index (χ4n) is 5.79. The van der Waals surface area contributed by atoms with Gasteiger partial charge in [0.25, 0.3) is 0 Å². The van der Waals surface area contributed by atoms with Crippen molar-refractivity contribution in [1.82, 2.24) is 0 Å². The van der Waals surface area contributed by atoms with Crippen LogP contribution in [-0.4, -0.2) is 19.8 Å². The first-order valence-corrected chi connectivity index (χ1v) is 15.2. The molecular formula is C41H38N2O2. The standard InChI is InChI=1S/C41H38N2O2/c1-5-41(45-4)27-25-37(26-28-41)43(35-12-7-6-8-13-35)36-22-17-32(18-23-36)31-15-19-33(20-16-31)42-34-21-24-40(44-3)39(29-34)38-14-10-9-11-30(38)2/h5-27,29,42H,1,28H2,2-4H3. The predicted molar refractivity (Wildman–Crippen MR) is 189 cm³/mol. The maximum atomic E-state index is 5.73. The maximum Gasteiger partial charge on any atom is 0.126 e. The molecule has 0 amide bonds. The molecule has 0 aliphatic heterocycles. The first-order chi connectivity index (χ1) is 22.0. The summed E-state index contributed by atoms with van der Waals surface area (Å²) < 4.78 is 11.4. The third-order valence-corrected chi connectivity index (χ3v) is 8.43. The lowest BCUT2D eigenvalue weighted by Crippen LogP contribution is -2.29. The number of hydrogen-bond acceptors (Lipinski definition) is 4. The number of nitrogens with zero attached hydrogens (tertiary/aromatic N) is 1. The van der Waals surface area contributed by atoms with E-state index in [-0.39, 0.29) is 0 Å². The molecule has 0 bridgehead atoms. The monoisotopic (exact) mass is 590 g/mol. The number of hydrogen-bond donors (Lipinski definition) is 1. The van der Waals surface area contributed by atoms with Crippen molar-refractivity contribution in [1.29, 1.82) is 0 Å². The summed E-state index contributed by atoms with van der Waals surface area (Å²) in [4.78, 5) is 2.27. The number of ether oxygens (including phenoxy) is 2. The van der Waals surface area contributed by atoms with Crippen LogP contribution in [0.4, 0.5) is 22.7 Å². The fraction of sp³-hybridized carbons (Fsp3) is 0.122. The number of para-hydroxylation sites is 1. The van der Waals surface area contributed by atoms with Gasteiger partial charge in [-0.05, 0) is 95.9 Å². The van der Waals surface area contributed by atoms with Gasteiger partial charge in [-0.25, -0.2) is 0 Å². The number of methoxy groups -OCH3 is 2. The number of aryl methyl sites for hydroxylation is 1. The summed E-state index contributed by atoms with van der Waals surface area (Å²) >= 11 is 0. The highest BCUT2D eigenvalue weighted by molar-refractivity contribution is 5.79. The molecule has 4 heteroatoms. The van der Waals surface area contributed by atoms with Gasteiger partial charge in [0.05, 0.1) is 7.11 Å². The average Bonchev–Trinajstić information content (AvgIpc) is 3.10. The molecule has 5 aromatic rings. The lowest BCUT2D eigenvalue weighted by Gasteiger charge is -2.32. The molecule has 1 aliphatic rings. The fourth-order valence-corrected chi connectivity index (χ4v) is 5.79. The SMILES string of the molecule is C=CC1(OC)C=CC(N(c2ccccc2)c2ccc(-c3ccc(Nc4ccc(OC)c(-c5ccccc5C)c4)cc3)cc2)=CC1. The Kier molecular flexibility index (Phi) is 8.68. The second-order valence-electron chi connectivity index (χ2n) is 11.2. The lowest BCUT2D eigenvalue weighted by atomic mass is 9.93. The quantitative estimate of drug-likeness (QED) is 0.164. The smallest absolute Gasteiger partial charge is 0.126 e. The molecule has 1 N–H and O–H groups in total. The van der Waals surface area contributed by atoms with Crippen molar-refractivity contribution in [2.75, 3.05) is 24.4 Å². The zero-order valence-corrected chi connectivity index (χ0v) is 26.0. The minimum absolute atomic E-state index is 0.465. The summed E-state index contributed by atoms with van der Waals surface area (Å²) in [6.45, 7) is 6.10. The molecule has 0 saturated heterocycles. The van der Waals surface area contributed by atoms with E-state index < -0.39 is 5.60 Å². The van der Waals surface area contributed by atoms with Crippen molar-refractivity contribution < 1.29 is 9.47 Å². The van der Waals surface area contributed by atoms with E-state index in [1.807, 2.05) is 18.2 Å². The highest BCUT2D eigenvalue weighted by Gasteiger charge is 2.26. The predicted octanol–water partition coefficient (Wildman–Crippen LogP) is 10.6. The Morgan fingerprint density at radius 3 is 2.00 bits per heavy atom. The van der Waals surface area contributed by atoms with Crippen LogP contribution in [0.1, 0.15) is 12.0 Å². The largest absolute Gasteiger partial charge is 0.496 e. The van der Waals surface area contributed by atoms with E-state index in [1.165, 1.54) is 11.1 Å². The molecular weight excluding hydrogens is 552 g/mol. The Morgan fingerprint density at radius 2 is 1.38 bits per heavy atom. The van der Waals surface area contributed by atoms with Crippen LogP contribution < -0.4 is 15.0 Å². The van der Waals surface area contributed by atoms with Gasteiger partial charge < -0.3 is 19.7 Å². The second-order valence-corrected chi connectivity index (χ2v) is 11.2. The Balaban J connectivity index is 1.22. The van der Waals surface area contributed by atoms with Gasteiger partial charge in [0.2, 0.25) is 0 Å². The van der Waals surface area contributed by atoms with Crippen molar-refractivity contribution in [3.05, 3.63) is 163 Å². The van der Waals surface area contributed by atoms with E-state index >= 15 is 0 Å². The molecule has 0 fully saturated rings. The topological polar surface area (TPSA) is 33.7 Å². The van der Waals surface area contributed by atoms with Gasteiger partial charge in [-0.3, -0.25) is 0 Å². The zero-order valence-electron chi connectivity index (χ0n) is 26.0. The highest BCUT2D eigenvalue weighted by Crippen LogP contribution is 2.37. The van der Waals surface area contributed by atoms with Gasteiger partial charge in [-0.15, -0.1) is 0 Å². The molecule has 4 nitrogen and oxygen atoms in total. The molecule has 6 rings (SSSR count). The Morgan fingerprint density at radius 1 is 0.733 bits per heavy atom. The Hall–Kier alpha value is -5.32. The van der Waals surface area contributed by atoms with E-state index in [0.29, 0.717) is 0 Å². The van der Waals surface area contributed by atoms with E-state index in [2.05, 4.69) is 151 Å². The lowest BCUT2D eigenvalue weighted by molar-refractivity contribution is 0.0758. The molecule has 224 valence electrons. The van der Waals surface area contributed by atoms with Crippen LogP contribution in [0.2, 0.25) is 0 Å². The minimum atomic E-state index is -0.465. The number of anilines is 4. The van der Waals surface area contributed by atoms with E-state index in [4.69, 9.17) is 9.47 Å². The minimum Gasteiger partial charge on any atom is -0.496 e. The average molecular weight is 591 g/mol. The van der Waals surface area contributed by atoms with Crippen LogP contribution >= 0.6 is 0 Å². The molecule has 1 atom stereocenters. The van der Waals surface area contributed by atoms with Crippen LogP contribution in [0.5, 0.6) is 5.75 Å². The number of rotatable bonds is 10. The zero-order chi connectivity index (χ0) is 31.2. The van der Waals surface area contributed by atoms with Gasteiger partial charge in [0.15, 0.2) is 0 Å². The van der Waals surface area contributed by atoms with Gasteiger partial charge in [0.1, 0.15) is 11.4 Å². The Bertz CT molecular complexity index is 1840. The molecule has 0 spiro atoms. The number of benzene rings is 5. The number of nitrogens with one attached hydrogen (secondary N) is 1. The summed E-state index contributed by atoms with van der Waals surface area (Å²) in [6, 6.07) is 42.3. The van der Waals surface area contributed by atoms with Crippen LogP contribution in [-0.2, 0) is 4.74 Å². The third kappa shape index (κ3) is 6.33. The van der Waals surface area contributed by atoms with Crippen LogP contribution in [0.25, 0.3) is 22.3 Å². The van der Waals surface area contributed by atoms with E-state index in [9.17, 15) is 0 Å². The van der Waals surface area contributed by atoms with E-state index in [1.54, 1.807) is 14.2 Å². The molecule has 5 aromatic carbocycles. The third-order valence-electron chi connectivity index (χ3n) is 8.43. The maximum absolute atomic E-state index is 5.73. The summed E-state index contributed by atoms with van der Waals surface area (Å²) in [5, 5.41) is 3.57. The summed E-state index contributed by atoms with van der Waals surface area (Å²) in [5.74, 6) is 0.857. The summed E-state index contributed by atoms with van der Waals surface area (Å²) in [5.41, 5.74) is 10.6. The first kappa shape index (κ1) is 29.7. The van der Waals surface area contributed by atoms with Gasteiger partial charge in [-0.1, -0.05) is 85.5 Å².